The Balaban J connectivity index is 0.979. The predicted octanol–water partition coefficient (Wildman–Crippen LogP) is 8.32. The topological polar surface area (TPSA) is 69.7 Å². The van der Waals surface area contributed by atoms with Gasteiger partial charge in [-0.15, -0.1) is 0 Å². The minimum atomic E-state index is -3.69. The average molecular weight is 684 g/mol. The first-order chi connectivity index (χ1) is 23.2. The number of para-hydroxylation sites is 1. The molecule has 0 radical (unpaired) electrons. The number of Topliss-reactive ketones (excluding diaryl/α,β-unsaturated/α-hetero) is 1. The van der Waals surface area contributed by atoms with Gasteiger partial charge in [0.05, 0.1) is 10.6 Å². The van der Waals surface area contributed by atoms with Crippen LogP contribution in [0.3, 0.4) is 0 Å². The molecule has 2 aliphatic heterocycles. The molecule has 0 atom stereocenters. The van der Waals surface area contributed by atoms with Crippen molar-refractivity contribution in [1.82, 2.24) is 9.80 Å². The number of carbonyl (C=O) groups is 1. The summed E-state index contributed by atoms with van der Waals surface area (Å²) in [5.74, 6) is 0.922. The summed E-state index contributed by atoms with van der Waals surface area (Å²) in [7, 11) is -3.69. The highest BCUT2D eigenvalue weighted by Crippen LogP contribution is 2.27. The lowest BCUT2D eigenvalue weighted by Gasteiger charge is -2.32. The van der Waals surface area contributed by atoms with Crippen LogP contribution in [0.5, 0.6) is 0 Å². The number of rotatable bonds is 12. The number of carbonyl (C=O) groups excluding carboxylic acids is 1. The zero-order valence-corrected chi connectivity index (χ0v) is 29.4. The number of nitrogens with one attached hydrogen (secondary N) is 1. The largest absolute Gasteiger partial charge is 0.299 e. The Morgan fingerprint density at radius 2 is 1.44 bits per heavy atom. The second kappa shape index (κ2) is 15.8. The van der Waals surface area contributed by atoms with E-state index < -0.39 is 10.0 Å². The van der Waals surface area contributed by atoms with Crippen molar-refractivity contribution in [2.45, 2.75) is 69.9 Å². The summed E-state index contributed by atoms with van der Waals surface area (Å²) in [5, 5.41) is 0.844. The lowest BCUT2D eigenvalue weighted by Crippen LogP contribution is -2.33. The second-order valence-corrected chi connectivity index (χ2v) is 15.6. The maximum absolute atomic E-state index is 13.2. The van der Waals surface area contributed by atoms with E-state index in [9.17, 15) is 13.2 Å². The third-order valence-corrected chi connectivity index (χ3v) is 11.7. The molecule has 0 spiro atoms. The van der Waals surface area contributed by atoms with E-state index in [1.807, 2.05) is 61.5 Å². The van der Waals surface area contributed by atoms with Gasteiger partial charge in [-0.1, -0.05) is 77.8 Å². The molecule has 0 aliphatic carbocycles. The smallest absolute Gasteiger partial charge is 0.261 e. The highest BCUT2D eigenvalue weighted by atomic mass is 35.5. The summed E-state index contributed by atoms with van der Waals surface area (Å²) in [4.78, 5) is 18.4. The Morgan fingerprint density at radius 3 is 2.19 bits per heavy atom. The second-order valence-electron chi connectivity index (χ2n) is 13.5. The van der Waals surface area contributed by atoms with Gasteiger partial charge in [-0.3, -0.25) is 19.3 Å². The number of hydrogen-bond acceptors (Lipinski definition) is 5. The third-order valence-electron chi connectivity index (χ3n) is 9.99. The molecule has 1 N–H and O–H groups in total. The number of halogens is 1. The zero-order chi connectivity index (χ0) is 33.5. The molecule has 0 aromatic heterocycles. The number of aryl methyl sites for hydroxylation is 1. The summed E-state index contributed by atoms with van der Waals surface area (Å²) in [6, 6.07) is 28.9. The minimum absolute atomic E-state index is 0.241. The van der Waals surface area contributed by atoms with Crippen molar-refractivity contribution in [2.24, 2.45) is 5.92 Å². The standard InChI is InChI=1S/C40H46ClN3O3S/c1-30-13-17-37(18-14-30)48(46,47)42-39-11-5-3-9-36(39)29-44-25-21-32-15-16-34(27-33(32)22-26-44)40(45)12-6-7-31-19-23-43(24-20-31)28-35-8-2-4-10-38(35)41/h2-5,8-11,13-18,27,31,42H,6-7,12,19-26,28-29H2,1H3. The number of likely N-dealkylation sites (tertiary alicyclic amines) is 1. The Bertz CT molecular complexity index is 1820. The lowest BCUT2D eigenvalue weighted by molar-refractivity contribution is 0.0974. The van der Waals surface area contributed by atoms with Crippen LogP contribution in [-0.2, 0) is 36.0 Å². The van der Waals surface area contributed by atoms with Crippen LogP contribution < -0.4 is 4.72 Å². The van der Waals surface area contributed by atoms with Crippen molar-refractivity contribution in [3.8, 4) is 0 Å². The van der Waals surface area contributed by atoms with Gasteiger partial charge in [0.1, 0.15) is 0 Å². The molecule has 8 heteroatoms. The molecule has 0 bridgehead atoms. The fraction of sp³-hybridized carbons (Fsp3) is 0.375. The maximum Gasteiger partial charge on any atom is 0.261 e. The van der Waals surface area contributed by atoms with E-state index in [0.29, 0.717) is 24.6 Å². The third kappa shape index (κ3) is 8.94. The SMILES string of the molecule is Cc1ccc(S(=O)(=O)Nc2ccccc2CN2CCc3ccc(C(=O)CCCC4CCN(Cc5ccccc5Cl)CC4)cc3CC2)cc1. The summed E-state index contributed by atoms with van der Waals surface area (Å²) >= 11 is 6.37. The summed E-state index contributed by atoms with van der Waals surface area (Å²) in [6.07, 6.45) is 6.76. The normalized spacial score (nSPS) is 16.3. The molecular formula is C40H46ClN3O3S. The first-order valence-electron chi connectivity index (χ1n) is 17.2. The fourth-order valence-electron chi connectivity index (χ4n) is 7.02. The molecule has 1 fully saturated rings. The Hall–Kier alpha value is -3.49. The van der Waals surface area contributed by atoms with Crippen LogP contribution in [-0.4, -0.2) is 50.2 Å². The molecule has 6 nitrogen and oxygen atoms in total. The van der Waals surface area contributed by atoms with E-state index in [2.05, 4.69) is 38.8 Å². The van der Waals surface area contributed by atoms with Crippen molar-refractivity contribution in [1.29, 1.82) is 0 Å². The average Bonchev–Trinajstić information content (AvgIpc) is 3.29. The number of fused-ring (bicyclic) bond motifs is 1. The first-order valence-corrected chi connectivity index (χ1v) is 19.1. The van der Waals surface area contributed by atoms with Gasteiger partial charge in [0.15, 0.2) is 5.78 Å². The molecule has 4 aromatic carbocycles. The lowest BCUT2D eigenvalue weighted by atomic mass is 9.90. The van der Waals surface area contributed by atoms with E-state index in [1.54, 1.807) is 12.1 Å². The van der Waals surface area contributed by atoms with E-state index in [1.165, 1.54) is 29.5 Å². The van der Waals surface area contributed by atoms with Crippen LogP contribution in [0.15, 0.2) is 95.9 Å². The summed E-state index contributed by atoms with van der Waals surface area (Å²) < 4.78 is 29.0. The van der Waals surface area contributed by atoms with Crippen molar-refractivity contribution in [3.63, 3.8) is 0 Å². The van der Waals surface area contributed by atoms with E-state index in [0.717, 1.165) is 80.1 Å². The molecule has 0 saturated carbocycles. The van der Waals surface area contributed by atoms with E-state index in [4.69, 9.17) is 11.6 Å². The van der Waals surface area contributed by atoms with Crippen molar-refractivity contribution in [3.05, 3.63) is 129 Å². The highest BCUT2D eigenvalue weighted by molar-refractivity contribution is 7.92. The molecule has 1 saturated heterocycles. The molecule has 6 rings (SSSR count). The van der Waals surface area contributed by atoms with Gasteiger partial charge >= 0.3 is 0 Å². The van der Waals surface area contributed by atoms with Crippen LogP contribution in [0.4, 0.5) is 5.69 Å². The van der Waals surface area contributed by atoms with E-state index >= 15 is 0 Å². The van der Waals surface area contributed by atoms with Crippen LogP contribution in [0.2, 0.25) is 5.02 Å². The van der Waals surface area contributed by atoms with Crippen molar-refractivity contribution < 1.29 is 13.2 Å². The fourth-order valence-corrected chi connectivity index (χ4v) is 8.32. The molecule has 252 valence electrons. The van der Waals surface area contributed by atoms with Gasteiger partial charge in [0, 0.05) is 43.2 Å². The number of sulfonamides is 1. The van der Waals surface area contributed by atoms with Gasteiger partial charge in [-0.05, 0) is 117 Å². The molecular weight excluding hydrogens is 638 g/mol. The molecule has 0 unspecified atom stereocenters. The maximum atomic E-state index is 13.2. The van der Waals surface area contributed by atoms with Gasteiger partial charge in [0.2, 0.25) is 0 Å². The van der Waals surface area contributed by atoms with Gasteiger partial charge < -0.3 is 0 Å². The number of piperidine rings is 1. The summed E-state index contributed by atoms with van der Waals surface area (Å²) in [6.45, 7) is 7.37. The van der Waals surface area contributed by atoms with Crippen LogP contribution in [0, 0.1) is 12.8 Å². The van der Waals surface area contributed by atoms with E-state index in [-0.39, 0.29) is 10.7 Å². The molecule has 2 aliphatic rings. The van der Waals surface area contributed by atoms with Crippen LogP contribution in [0.25, 0.3) is 0 Å². The van der Waals surface area contributed by atoms with Gasteiger partial charge in [-0.25, -0.2) is 8.42 Å². The number of anilines is 1. The minimum Gasteiger partial charge on any atom is -0.299 e. The molecule has 4 aromatic rings. The quantitative estimate of drug-likeness (QED) is 0.152. The Labute approximate surface area is 291 Å². The molecule has 2 heterocycles. The van der Waals surface area contributed by atoms with Crippen molar-refractivity contribution >= 4 is 33.1 Å². The van der Waals surface area contributed by atoms with Crippen LogP contribution >= 0.6 is 11.6 Å². The Morgan fingerprint density at radius 1 is 0.792 bits per heavy atom. The zero-order valence-electron chi connectivity index (χ0n) is 27.8. The number of hydrogen-bond donors (Lipinski definition) is 1. The predicted molar refractivity (Wildman–Crippen MR) is 195 cm³/mol. The summed E-state index contributed by atoms with van der Waals surface area (Å²) in [5.41, 5.74) is 7.14. The van der Waals surface area contributed by atoms with Gasteiger partial charge in [0.25, 0.3) is 10.0 Å². The number of ketones is 1. The monoisotopic (exact) mass is 683 g/mol. The Kier molecular flexibility index (Phi) is 11.3. The molecule has 48 heavy (non-hydrogen) atoms. The first kappa shape index (κ1) is 34.4. The number of benzene rings is 4. The van der Waals surface area contributed by atoms with Crippen molar-refractivity contribution in [2.75, 3.05) is 30.9 Å². The van der Waals surface area contributed by atoms with Crippen LogP contribution in [0.1, 0.15) is 70.3 Å². The highest BCUT2D eigenvalue weighted by Gasteiger charge is 2.22. The number of nitrogens with zero attached hydrogens (tertiary/aromatic N) is 2. The van der Waals surface area contributed by atoms with Gasteiger partial charge in [-0.2, -0.15) is 0 Å². The molecule has 0 amide bonds.